The van der Waals surface area contributed by atoms with E-state index in [2.05, 4.69) is 43.6 Å². The molecule has 1 aliphatic heterocycles. The number of amides is 1. The Labute approximate surface area is 235 Å². The lowest BCUT2D eigenvalue weighted by atomic mass is 9.98. The zero-order valence-electron chi connectivity index (χ0n) is 21.5. The Kier molecular flexibility index (Phi) is 8.03. The van der Waals surface area contributed by atoms with Gasteiger partial charge < -0.3 is 9.47 Å². The van der Waals surface area contributed by atoms with Crippen LogP contribution in [-0.2, 0) is 0 Å². The van der Waals surface area contributed by atoms with Crippen LogP contribution >= 0.6 is 15.9 Å². The predicted octanol–water partition coefficient (Wildman–Crippen LogP) is 6.59. The van der Waals surface area contributed by atoms with Crippen molar-refractivity contribution in [2.24, 2.45) is 10.2 Å². The SMILES string of the molecule is COc1ccc(C2=NN(c3ccc(C=NNC(=O)c4ccccc4Br)cc3)C(c3ccc(OC)cc3)C2)cc1. The molecular weight excluding hydrogens is 556 g/mol. The molecule has 0 bridgehead atoms. The molecular formula is C31H27BrN4O3. The van der Waals surface area contributed by atoms with Crippen molar-refractivity contribution in [3.8, 4) is 11.5 Å². The van der Waals surface area contributed by atoms with Gasteiger partial charge >= 0.3 is 0 Å². The third-order valence-electron chi connectivity index (χ3n) is 6.49. The average Bonchev–Trinajstić information content (AvgIpc) is 3.43. The van der Waals surface area contributed by atoms with Gasteiger partial charge in [0.15, 0.2) is 0 Å². The van der Waals surface area contributed by atoms with Crippen LogP contribution in [0.25, 0.3) is 0 Å². The van der Waals surface area contributed by atoms with Crippen LogP contribution in [0.1, 0.15) is 39.5 Å². The Morgan fingerprint density at radius 1 is 0.923 bits per heavy atom. The quantitative estimate of drug-likeness (QED) is 0.188. The van der Waals surface area contributed by atoms with Crippen molar-refractivity contribution in [3.63, 3.8) is 0 Å². The molecule has 1 aliphatic rings. The third kappa shape index (κ3) is 6.02. The normalized spacial score (nSPS) is 14.8. The van der Waals surface area contributed by atoms with Gasteiger partial charge in [0.1, 0.15) is 11.5 Å². The minimum Gasteiger partial charge on any atom is -0.497 e. The second-order valence-electron chi connectivity index (χ2n) is 8.88. The number of methoxy groups -OCH3 is 2. The Balaban J connectivity index is 1.36. The monoisotopic (exact) mass is 582 g/mol. The van der Waals surface area contributed by atoms with Crippen LogP contribution in [0.3, 0.4) is 0 Å². The number of carbonyl (C=O) groups is 1. The highest BCUT2D eigenvalue weighted by Gasteiger charge is 2.30. The van der Waals surface area contributed by atoms with E-state index in [-0.39, 0.29) is 11.9 Å². The first-order valence-corrected chi connectivity index (χ1v) is 13.2. The number of halogens is 1. The van der Waals surface area contributed by atoms with Gasteiger partial charge in [-0.05, 0) is 93.3 Å². The number of carbonyl (C=O) groups excluding carboxylic acids is 1. The molecule has 8 heteroatoms. The lowest BCUT2D eigenvalue weighted by Crippen LogP contribution is -2.18. The first-order chi connectivity index (χ1) is 19.1. The minimum atomic E-state index is -0.282. The number of nitrogens with one attached hydrogen (secondary N) is 1. The summed E-state index contributed by atoms with van der Waals surface area (Å²) in [5, 5.41) is 11.2. The maximum atomic E-state index is 12.4. The summed E-state index contributed by atoms with van der Waals surface area (Å²) < 4.78 is 11.4. The molecule has 0 fully saturated rings. The van der Waals surface area contributed by atoms with E-state index in [1.54, 1.807) is 26.5 Å². The molecule has 1 amide bonds. The van der Waals surface area contributed by atoms with E-state index in [0.717, 1.165) is 46.0 Å². The molecule has 1 unspecified atom stereocenters. The maximum absolute atomic E-state index is 12.4. The summed E-state index contributed by atoms with van der Waals surface area (Å²) in [5.41, 5.74) is 8.10. The Hall–Kier alpha value is -4.43. The van der Waals surface area contributed by atoms with Crippen molar-refractivity contribution in [1.82, 2.24) is 5.43 Å². The zero-order chi connectivity index (χ0) is 27.2. The number of hydrazone groups is 2. The predicted molar refractivity (Wildman–Crippen MR) is 158 cm³/mol. The van der Waals surface area contributed by atoms with Gasteiger partial charge in [0.05, 0.1) is 43.4 Å². The lowest BCUT2D eigenvalue weighted by Gasteiger charge is -2.24. The lowest BCUT2D eigenvalue weighted by molar-refractivity contribution is 0.0954. The molecule has 0 aliphatic carbocycles. The molecule has 1 heterocycles. The van der Waals surface area contributed by atoms with Crippen LogP contribution in [0.5, 0.6) is 11.5 Å². The molecule has 1 N–H and O–H groups in total. The zero-order valence-corrected chi connectivity index (χ0v) is 23.1. The van der Waals surface area contributed by atoms with Gasteiger partial charge in [-0.25, -0.2) is 5.43 Å². The van der Waals surface area contributed by atoms with Gasteiger partial charge in [0.25, 0.3) is 5.91 Å². The van der Waals surface area contributed by atoms with Gasteiger partial charge in [-0.3, -0.25) is 9.80 Å². The third-order valence-corrected chi connectivity index (χ3v) is 7.18. The molecule has 0 spiro atoms. The highest BCUT2D eigenvalue weighted by molar-refractivity contribution is 9.10. The molecule has 7 nitrogen and oxygen atoms in total. The van der Waals surface area contributed by atoms with Crippen molar-refractivity contribution in [2.45, 2.75) is 12.5 Å². The van der Waals surface area contributed by atoms with Gasteiger partial charge in [0.2, 0.25) is 0 Å². The maximum Gasteiger partial charge on any atom is 0.272 e. The van der Waals surface area contributed by atoms with Gasteiger partial charge in [-0.2, -0.15) is 10.2 Å². The number of ether oxygens (including phenoxy) is 2. The smallest absolute Gasteiger partial charge is 0.272 e. The highest BCUT2D eigenvalue weighted by Crippen LogP contribution is 2.37. The Morgan fingerprint density at radius 3 is 2.21 bits per heavy atom. The van der Waals surface area contributed by atoms with Crippen LogP contribution in [0, 0.1) is 0 Å². The van der Waals surface area contributed by atoms with Gasteiger partial charge in [-0.1, -0.05) is 36.4 Å². The van der Waals surface area contributed by atoms with Crippen LogP contribution < -0.4 is 19.9 Å². The first kappa shape index (κ1) is 26.2. The van der Waals surface area contributed by atoms with Crippen LogP contribution in [0.2, 0.25) is 0 Å². The fourth-order valence-corrected chi connectivity index (χ4v) is 4.84. The van der Waals surface area contributed by atoms with E-state index in [4.69, 9.17) is 14.6 Å². The number of anilines is 1. The second-order valence-corrected chi connectivity index (χ2v) is 9.74. The van der Waals surface area contributed by atoms with Gasteiger partial charge in [-0.15, -0.1) is 0 Å². The van der Waals surface area contributed by atoms with Crippen molar-refractivity contribution in [2.75, 3.05) is 19.2 Å². The molecule has 0 saturated carbocycles. The van der Waals surface area contributed by atoms with Crippen molar-refractivity contribution in [1.29, 1.82) is 0 Å². The summed E-state index contributed by atoms with van der Waals surface area (Å²) in [4.78, 5) is 12.4. The topological polar surface area (TPSA) is 75.5 Å². The summed E-state index contributed by atoms with van der Waals surface area (Å²) in [6, 6.07) is 31.2. The summed E-state index contributed by atoms with van der Waals surface area (Å²) in [7, 11) is 3.33. The second kappa shape index (κ2) is 12.0. The Morgan fingerprint density at radius 2 is 1.56 bits per heavy atom. The van der Waals surface area contributed by atoms with E-state index in [1.807, 2.05) is 78.9 Å². The van der Waals surface area contributed by atoms with Crippen LogP contribution in [0.4, 0.5) is 5.69 Å². The molecule has 4 aromatic rings. The van der Waals surface area contributed by atoms with Crippen LogP contribution in [-0.4, -0.2) is 32.1 Å². The average molecular weight is 583 g/mol. The highest BCUT2D eigenvalue weighted by atomic mass is 79.9. The Bertz CT molecular complexity index is 1500. The number of benzene rings is 4. The molecule has 196 valence electrons. The number of rotatable bonds is 8. The fourth-order valence-electron chi connectivity index (χ4n) is 4.38. The number of nitrogens with zero attached hydrogens (tertiary/aromatic N) is 3. The standard InChI is InChI=1S/C31H27BrN4O3/c1-38-25-15-9-22(10-16-25)29-19-30(23-11-17-26(39-2)18-12-23)36(35-29)24-13-7-21(8-14-24)20-33-34-31(37)27-5-3-4-6-28(27)32/h3-18,20,30H,19H2,1-2H3,(H,34,37). The summed E-state index contributed by atoms with van der Waals surface area (Å²) in [6.45, 7) is 0. The summed E-state index contributed by atoms with van der Waals surface area (Å²) in [5.74, 6) is 1.34. The van der Waals surface area contributed by atoms with E-state index in [1.165, 1.54) is 0 Å². The minimum absolute atomic E-state index is 0.0242. The van der Waals surface area contributed by atoms with E-state index in [9.17, 15) is 4.79 Å². The molecule has 1 atom stereocenters. The van der Waals surface area contributed by atoms with E-state index < -0.39 is 0 Å². The molecule has 39 heavy (non-hydrogen) atoms. The van der Waals surface area contributed by atoms with Crippen molar-refractivity contribution >= 4 is 39.5 Å². The molecule has 0 aromatic heterocycles. The van der Waals surface area contributed by atoms with E-state index in [0.29, 0.717) is 10.0 Å². The fraction of sp³-hybridized carbons (Fsp3) is 0.129. The molecule has 5 rings (SSSR count). The number of hydrogen-bond donors (Lipinski definition) is 1. The van der Waals surface area contributed by atoms with Crippen LogP contribution in [0.15, 0.2) is 112 Å². The van der Waals surface area contributed by atoms with Crippen molar-refractivity contribution in [3.05, 3.63) is 124 Å². The molecule has 0 saturated heterocycles. The largest absolute Gasteiger partial charge is 0.497 e. The van der Waals surface area contributed by atoms with Gasteiger partial charge in [0, 0.05) is 10.9 Å². The van der Waals surface area contributed by atoms with E-state index >= 15 is 0 Å². The van der Waals surface area contributed by atoms with Crippen molar-refractivity contribution < 1.29 is 14.3 Å². The summed E-state index contributed by atoms with van der Waals surface area (Å²) >= 11 is 3.39. The molecule has 4 aromatic carbocycles. The first-order valence-electron chi connectivity index (χ1n) is 12.4. The number of hydrogen-bond acceptors (Lipinski definition) is 6. The summed E-state index contributed by atoms with van der Waals surface area (Å²) in [6.07, 6.45) is 2.37. The molecule has 0 radical (unpaired) electrons.